The van der Waals surface area contributed by atoms with Gasteiger partial charge in [0.1, 0.15) is 13.2 Å². The quantitative estimate of drug-likeness (QED) is 0.0261. The Hall–Kier alpha value is -3.41. The fourth-order valence-electron chi connectivity index (χ4n) is 9.16. The van der Waals surface area contributed by atoms with Crippen LogP contribution in [0.5, 0.6) is 0 Å². The van der Waals surface area contributed by atoms with Crippen LogP contribution < -0.4 is 0 Å². The van der Waals surface area contributed by atoms with E-state index in [0.717, 1.165) is 122 Å². The van der Waals surface area contributed by atoms with E-state index in [0.29, 0.717) is 19.3 Å². The minimum Gasteiger partial charge on any atom is -0.462 e. The molecule has 0 amide bonds. The predicted octanol–water partition coefficient (Wildman–Crippen LogP) is 21.9. The molecule has 1 unspecified atom stereocenters. The second-order valence-corrected chi connectivity index (χ2v) is 21.3. The molecule has 0 fully saturated rings. The summed E-state index contributed by atoms with van der Waals surface area (Å²) in [5.74, 6) is -0.938. The third-order valence-electron chi connectivity index (χ3n) is 13.9. The summed E-state index contributed by atoms with van der Waals surface area (Å²) < 4.78 is 16.9. The molecule has 0 radical (unpaired) electrons. The number of carbonyl (C=O) groups excluding carboxylic acids is 3. The molecule has 0 aromatic heterocycles. The Bertz CT molecular complexity index is 1430. The van der Waals surface area contributed by atoms with Crippen LogP contribution in [0, 0.1) is 0 Å². The molecule has 0 saturated heterocycles. The Morgan fingerprint density at radius 1 is 0.280 bits per heavy atom. The molecule has 0 bridgehead atoms. The summed E-state index contributed by atoms with van der Waals surface area (Å²) in [6, 6.07) is 0. The van der Waals surface area contributed by atoms with E-state index in [4.69, 9.17) is 14.2 Å². The van der Waals surface area contributed by atoms with Gasteiger partial charge in [-0.3, -0.25) is 14.4 Å². The maximum absolute atomic E-state index is 12.9. The Morgan fingerprint density at radius 3 is 0.827 bits per heavy atom. The van der Waals surface area contributed by atoms with Crippen LogP contribution in [0.1, 0.15) is 316 Å². The van der Waals surface area contributed by atoms with E-state index in [1.54, 1.807) is 0 Å². The van der Waals surface area contributed by atoms with Crippen molar-refractivity contribution in [3.63, 3.8) is 0 Å². The first-order valence-corrected chi connectivity index (χ1v) is 32.1. The molecular weight excluding hydrogens is 925 g/mol. The number of esters is 3. The Balaban J connectivity index is 4.27. The van der Waals surface area contributed by atoms with Gasteiger partial charge >= 0.3 is 17.9 Å². The van der Waals surface area contributed by atoms with E-state index < -0.39 is 6.10 Å². The summed E-state index contributed by atoms with van der Waals surface area (Å²) in [5.41, 5.74) is 0. The maximum atomic E-state index is 12.9. The number of hydrogen-bond donors (Lipinski definition) is 0. The molecule has 0 aliphatic heterocycles. The van der Waals surface area contributed by atoms with Gasteiger partial charge in [0.25, 0.3) is 0 Å². The predicted molar refractivity (Wildman–Crippen MR) is 325 cm³/mol. The molecule has 0 aromatic carbocycles. The lowest BCUT2D eigenvalue weighted by atomic mass is 10.0. The molecule has 0 aliphatic carbocycles. The van der Waals surface area contributed by atoms with Crippen LogP contribution in [0.4, 0.5) is 0 Å². The van der Waals surface area contributed by atoms with Crippen molar-refractivity contribution in [1.29, 1.82) is 0 Å². The molecule has 432 valence electrons. The molecule has 1 atom stereocenters. The average Bonchev–Trinajstić information content (AvgIpc) is 3.41. The molecule has 0 saturated carbocycles. The second-order valence-electron chi connectivity index (χ2n) is 21.3. The first-order valence-electron chi connectivity index (χ1n) is 32.1. The summed E-state index contributed by atoms with van der Waals surface area (Å²) in [4.78, 5) is 38.2. The summed E-state index contributed by atoms with van der Waals surface area (Å²) in [5, 5.41) is 0. The zero-order valence-corrected chi connectivity index (χ0v) is 49.6. The van der Waals surface area contributed by atoms with E-state index in [1.165, 1.54) is 154 Å². The molecule has 0 aliphatic rings. The minimum atomic E-state index is -0.802. The largest absolute Gasteiger partial charge is 0.462 e. The van der Waals surface area contributed by atoms with Crippen LogP contribution >= 0.6 is 0 Å². The highest BCUT2D eigenvalue weighted by Crippen LogP contribution is 2.17. The lowest BCUT2D eigenvalue weighted by molar-refractivity contribution is -0.167. The van der Waals surface area contributed by atoms with Crippen LogP contribution in [0.2, 0.25) is 0 Å². The van der Waals surface area contributed by atoms with Crippen LogP contribution in [0.25, 0.3) is 0 Å². The molecule has 0 spiro atoms. The van der Waals surface area contributed by atoms with E-state index in [1.807, 2.05) is 0 Å². The van der Waals surface area contributed by atoms with Gasteiger partial charge in [-0.05, 0) is 89.9 Å². The SMILES string of the molecule is CC/C=C\C/C=C\C/C=C\C/C=C\CCCCCCC(=O)OC(COC(=O)CCCCC/C=C\C/C=C\C/C=C\CC)COC(=O)CCCCCCCCCCCCCCCCCCCCCCCCCCCCC. The zero-order valence-electron chi connectivity index (χ0n) is 49.6. The average molecular weight is 1050 g/mol. The Kier molecular flexibility index (Phi) is 60.3. The molecule has 0 aromatic rings. The molecule has 0 heterocycles. The zero-order chi connectivity index (χ0) is 54.3. The number of rotatable bonds is 58. The van der Waals surface area contributed by atoms with E-state index in [9.17, 15) is 14.4 Å². The third-order valence-corrected chi connectivity index (χ3v) is 13.9. The molecule has 6 nitrogen and oxygen atoms in total. The van der Waals surface area contributed by atoms with Gasteiger partial charge in [-0.2, -0.15) is 0 Å². The van der Waals surface area contributed by atoms with Crippen LogP contribution in [0.3, 0.4) is 0 Å². The first-order chi connectivity index (χ1) is 37.0. The maximum Gasteiger partial charge on any atom is 0.306 e. The van der Waals surface area contributed by atoms with Crippen molar-refractivity contribution in [1.82, 2.24) is 0 Å². The van der Waals surface area contributed by atoms with Gasteiger partial charge in [0, 0.05) is 19.3 Å². The molecule has 0 rings (SSSR count). The normalized spacial score (nSPS) is 12.6. The number of ether oxygens (including phenoxy) is 3. The van der Waals surface area contributed by atoms with E-state index in [2.05, 4.69) is 106 Å². The van der Waals surface area contributed by atoms with Gasteiger partial charge in [-0.1, -0.05) is 292 Å². The highest BCUT2D eigenvalue weighted by molar-refractivity contribution is 5.71. The number of carbonyl (C=O) groups is 3. The topological polar surface area (TPSA) is 78.9 Å². The van der Waals surface area contributed by atoms with Crippen LogP contribution in [-0.2, 0) is 28.6 Å². The van der Waals surface area contributed by atoms with Gasteiger partial charge in [-0.25, -0.2) is 0 Å². The summed E-state index contributed by atoms with van der Waals surface area (Å²) in [7, 11) is 0. The van der Waals surface area contributed by atoms with Gasteiger partial charge in [0.2, 0.25) is 0 Å². The molecule has 0 N–H and O–H groups in total. The minimum absolute atomic E-state index is 0.0941. The van der Waals surface area contributed by atoms with Crippen molar-refractivity contribution in [2.45, 2.75) is 322 Å². The Morgan fingerprint density at radius 2 is 0.520 bits per heavy atom. The van der Waals surface area contributed by atoms with Gasteiger partial charge in [0.15, 0.2) is 6.10 Å². The molecule has 75 heavy (non-hydrogen) atoms. The Labute approximate surface area is 465 Å². The van der Waals surface area contributed by atoms with Gasteiger partial charge in [-0.15, -0.1) is 0 Å². The lowest BCUT2D eigenvalue weighted by Crippen LogP contribution is -2.30. The monoisotopic (exact) mass is 1040 g/mol. The van der Waals surface area contributed by atoms with E-state index >= 15 is 0 Å². The number of hydrogen-bond acceptors (Lipinski definition) is 6. The van der Waals surface area contributed by atoms with Crippen molar-refractivity contribution in [2.75, 3.05) is 13.2 Å². The molecule has 6 heteroatoms. The van der Waals surface area contributed by atoms with Crippen molar-refractivity contribution in [2.24, 2.45) is 0 Å². The number of unbranched alkanes of at least 4 members (excludes halogenated alkanes) is 33. The smallest absolute Gasteiger partial charge is 0.306 e. The number of allylic oxidation sites excluding steroid dienone is 14. The summed E-state index contributed by atoms with van der Waals surface area (Å²) >= 11 is 0. The third kappa shape index (κ3) is 61.3. The molecular formula is C69H120O6. The van der Waals surface area contributed by atoms with Crippen molar-refractivity contribution in [3.05, 3.63) is 85.1 Å². The second kappa shape index (κ2) is 63.1. The van der Waals surface area contributed by atoms with Crippen molar-refractivity contribution < 1.29 is 28.6 Å². The highest BCUT2D eigenvalue weighted by Gasteiger charge is 2.19. The van der Waals surface area contributed by atoms with E-state index in [-0.39, 0.29) is 31.1 Å². The first kappa shape index (κ1) is 71.6. The highest BCUT2D eigenvalue weighted by atomic mass is 16.6. The fraction of sp³-hybridized carbons (Fsp3) is 0.754. The van der Waals surface area contributed by atoms with Crippen LogP contribution in [0.15, 0.2) is 85.1 Å². The van der Waals surface area contributed by atoms with Crippen LogP contribution in [-0.4, -0.2) is 37.2 Å². The van der Waals surface area contributed by atoms with Gasteiger partial charge in [0.05, 0.1) is 0 Å². The summed E-state index contributed by atoms with van der Waals surface area (Å²) in [6.45, 7) is 6.40. The summed E-state index contributed by atoms with van der Waals surface area (Å²) in [6.07, 6.45) is 83.3. The standard InChI is InChI=1S/C69H120O6/c1-4-7-10-13-16-19-22-25-27-29-30-31-32-33-34-35-36-37-38-40-41-44-47-50-53-56-59-62-68(71)74-65-66(64-73-67(70)61-58-55-52-49-46-43-24-21-18-15-12-9-6-3)75-69(72)63-60-57-54-51-48-45-42-39-28-26-23-20-17-14-11-8-5-2/h8-9,11-12,17-18,20-21,26,28,42-43,45-46,66H,4-7,10,13-16,19,22-25,27,29-41,44,47-65H2,1-3H3/b11-8-,12-9-,20-17-,21-18-,28-26-,45-42-,46-43-. The van der Waals surface area contributed by atoms with Crippen molar-refractivity contribution in [3.8, 4) is 0 Å². The van der Waals surface area contributed by atoms with Gasteiger partial charge < -0.3 is 14.2 Å². The lowest BCUT2D eigenvalue weighted by Gasteiger charge is -2.18. The fourth-order valence-corrected chi connectivity index (χ4v) is 9.16. The van der Waals surface area contributed by atoms with Crippen molar-refractivity contribution >= 4 is 17.9 Å².